The van der Waals surface area contributed by atoms with E-state index in [2.05, 4.69) is 33.8 Å². The maximum absolute atomic E-state index is 12.1. The Morgan fingerprint density at radius 2 is 1.96 bits per heavy atom. The van der Waals surface area contributed by atoms with Gasteiger partial charge in [-0.15, -0.1) is 6.58 Å². The van der Waals surface area contributed by atoms with Crippen LogP contribution < -0.4 is 10.2 Å². The number of para-hydroxylation sites is 1. The molecule has 1 heterocycles. The molecule has 27 heavy (non-hydrogen) atoms. The van der Waals surface area contributed by atoms with E-state index >= 15 is 0 Å². The van der Waals surface area contributed by atoms with Crippen molar-refractivity contribution in [3.63, 3.8) is 0 Å². The van der Waals surface area contributed by atoms with E-state index < -0.39 is 0 Å². The summed E-state index contributed by atoms with van der Waals surface area (Å²) in [5, 5.41) is 5.27. The number of hydrazone groups is 1. The molecule has 1 amide bonds. The Hall–Kier alpha value is -3.34. The van der Waals surface area contributed by atoms with Crippen molar-refractivity contribution in [3.8, 4) is 5.75 Å². The van der Waals surface area contributed by atoms with E-state index in [1.807, 2.05) is 49.4 Å². The third kappa shape index (κ3) is 4.08. The van der Waals surface area contributed by atoms with Gasteiger partial charge in [0.1, 0.15) is 5.75 Å². The third-order valence-corrected chi connectivity index (χ3v) is 4.50. The van der Waals surface area contributed by atoms with Gasteiger partial charge in [-0.05, 0) is 30.7 Å². The molecule has 5 nitrogen and oxygen atoms in total. The summed E-state index contributed by atoms with van der Waals surface area (Å²) in [5.41, 5.74) is 6.73. The number of amides is 1. The number of ether oxygens (including phenoxy) is 1. The number of benzene rings is 2. The molecule has 0 saturated carbocycles. The van der Waals surface area contributed by atoms with Crippen molar-refractivity contribution in [2.75, 3.05) is 7.11 Å². The first kappa shape index (κ1) is 18.5. The predicted molar refractivity (Wildman–Crippen MR) is 109 cm³/mol. The largest absolute Gasteiger partial charge is 0.497 e. The Kier molecular flexibility index (Phi) is 5.71. The summed E-state index contributed by atoms with van der Waals surface area (Å²) in [6, 6.07) is 15.6. The Balaban J connectivity index is 1.73. The van der Waals surface area contributed by atoms with Crippen LogP contribution in [0.1, 0.15) is 16.8 Å². The van der Waals surface area contributed by atoms with E-state index in [1.54, 1.807) is 13.3 Å². The van der Waals surface area contributed by atoms with Crippen LogP contribution in [0, 0.1) is 6.92 Å². The lowest BCUT2D eigenvalue weighted by molar-refractivity contribution is -0.120. The van der Waals surface area contributed by atoms with Gasteiger partial charge >= 0.3 is 0 Å². The number of allylic oxidation sites excluding steroid dienone is 1. The molecular weight excluding hydrogens is 338 g/mol. The molecule has 0 aliphatic heterocycles. The van der Waals surface area contributed by atoms with Crippen LogP contribution in [0.4, 0.5) is 0 Å². The predicted octanol–water partition coefficient (Wildman–Crippen LogP) is 3.84. The van der Waals surface area contributed by atoms with E-state index in [0.717, 1.165) is 40.0 Å². The van der Waals surface area contributed by atoms with Gasteiger partial charge in [0.05, 0.1) is 19.7 Å². The number of methoxy groups -OCH3 is 1. The summed E-state index contributed by atoms with van der Waals surface area (Å²) in [5.74, 6) is 0.604. The summed E-state index contributed by atoms with van der Waals surface area (Å²) in [6.45, 7) is 6.60. The SMILES string of the molecule is C=CCn1c(C)c(/C=N/NC(=O)Cc2ccc(OC)cc2)c2ccccc21. The van der Waals surface area contributed by atoms with Crippen LogP contribution in [0.5, 0.6) is 5.75 Å². The number of hydrogen-bond acceptors (Lipinski definition) is 3. The average Bonchev–Trinajstić information content (AvgIpc) is 2.95. The van der Waals surface area contributed by atoms with Gasteiger partial charge in [0.25, 0.3) is 0 Å². The fraction of sp³-hybridized carbons (Fsp3) is 0.182. The number of carbonyl (C=O) groups is 1. The van der Waals surface area contributed by atoms with Crippen LogP contribution in [0.2, 0.25) is 0 Å². The van der Waals surface area contributed by atoms with Gasteiger partial charge in [-0.3, -0.25) is 4.79 Å². The second-order valence-corrected chi connectivity index (χ2v) is 6.23. The van der Waals surface area contributed by atoms with Gasteiger partial charge in [0, 0.05) is 28.7 Å². The molecule has 0 spiro atoms. The molecule has 1 aromatic heterocycles. The lowest BCUT2D eigenvalue weighted by Crippen LogP contribution is -2.19. The van der Waals surface area contributed by atoms with Gasteiger partial charge in [0.15, 0.2) is 0 Å². The van der Waals surface area contributed by atoms with Crippen molar-refractivity contribution >= 4 is 23.0 Å². The van der Waals surface area contributed by atoms with Crippen LogP contribution in [-0.2, 0) is 17.8 Å². The smallest absolute Gasteiger partial charge is 0.244 e. The number of nitrogens with zero attached hydrogens (tertiary/aromatic N) is 2. The molecule has 2 aromatic carbocycles. The number of fused-ring (bicyclic) bond motifs is 1. The second kappa shape index (κ2) is 8.36. The van der Waals surface area contributed by atoms with E-state index in [1.165, 1.54) is 0 Å². The highest BCUT2D eigenvalue weighted by atomic mass is 16.5. The Bertz CT molecular complexity index is 985. The minimum absolute atomic E-state index is 0.163. The summed E-state index contributed by atoms with van der Waals surface area (Å²) >= 11 is 0. The monoisotopic (exact) mass is 361 g/mol. The molecule has 0 saturated heterocycles. The molecule has 3 aromatic rings. The van der Waals surface area contributed by atoms with Gasteiger partial charge < -0.3 is 9.30 Å². The highest BCUT2D eigenvalue weighted by Gasteiger charge is 2.11. The molecule has 0 unspecified atom stereocenters. The van der Waals surface area contributed by atoms with Crippen LogP contribution in [0.15, 0.2) is 66.3 Å². The number of carbonyl (C=O) groups excluding carboxylic acids is 1. The summed E-state index contributed by atoms with van der Waals surface area (Å²) in [7, 11) is 1.62. The maximum atomic E-state index is 12.1. The minimum atomic E-state index is -0.163. The average molecular weight is 361 g/mol. The van der Waals surface area contributed by atoms with E-state index in [-0.39, 0.29) is 12.3 Å². The Morgan fingerprint density at radius 3 is 2.67 bits per heavy atom. The Morgan fingerprint density at radius 1 is 1.22 bits per heavy atom. The summed E-state index contributed by atoms with van der Waals surface area (Å²) in [4.78, 5) is 12.1. The zero-order valence-corrected chi connectivity index (χ0v) is 15.6. The van der Waals surface area contributed by atoms with Crippen LogP contribution in [-0.4, -0.2) is 23.8 Å². The zero-order chi connectivity index (χ0) is 19.2. The van der Waals surface area contributed by atoms with Gasteiger partial charge in [-0.2, -0.15) is 5.10 Å². The fourth-order valence-electron chi connectivity index (χ4n) is 3.12. The first-order valence-electron chi connectivity index (χ1n) is 8.77. The maximum Gasteiger partial charge on any atom is 0.244 e. The van der Waals surface area contributed by atoms with E-state index in [9.17, 15) is 4.79 Å². The van der Waals surface area contributed by atoms with Crippen LogP contribution in [0.25, 0.3) is 10.9 Å². The quantitative estimate of drug-likeness (QED) is 0.395. The molecule has 0 fully saturated rings. The molecular formula is C22H23N3O2. The van der Waals surface area contributed by atoms with Crippen molar-refractivity contribution in [2.24, 2.45) is 5.10 Å². The van der Waals surface area contributed by atoms with Gasteiger partial charge in [-0.1, -0.05) is 36.4 Å². The third-order valence-electron chi connectivity index (χ3n) is 4.50. The number of nitrogens with one attached hydrogen (secondary N) is 1. The molecule has 0 aliphatic carbocycles. The lowest BCUT2D eigenvalue weighted by Gasteiger charge is -2.04. The number of hydrogen-bond donors (Lipinski definition) is 1. The van der Waals surface area contributed by atoms with Crippen molar-refractivity contribution in [2.45, 2.75) is 19.9 Å². The Labute approximate surface area is 159 Å². The molecule has 0 atom stereocenters. The molecule has 0 aliphatic rings. The molecule has 1 N–H and O–H groups in total. The molecule has 138 valence electrons. The fourth-order valence-corrected chi connectivity index (χ4v) is 3.12. The van der Waals surface area contributed by atoms with Gasteiger partial charge in [-0.25, -0.2) is 5.43 Å². The summed E-state index contributed by atoms with van der Waals surface area (Å²) < 4.78 is 7.30. The zero-order valence-electron chi connectivity index (χ0n) is 15.6. The van der Waals surface area contributed by atoms with E-state index in [4.69, 9.17) is 4.74 Å². The standard InChI is InChI=1S/C22H23N3O2/c1-4-13-25-16(2)20(19-7-5-6-8-21(19)25)15-23-24-22(26)14-17-9-11-18(27-3)12-10-17/h4-12,15H,1,13-14H2,2-3H3,(H,24,26)/b23-15+. The first-order chi connectivity index (χ1) is 13.1. The minimum Gasteiger partial charge on any atom is -0.497 e. The molecule has 0 bridgehead atoms. The topological polar surface area (TPSA) is 55.6 Å². The van der Waals surface area contributed by atoms with Crippen molar-refractivity contribution < 1.29 is 9.53 Å². The van der Waals surface area contributed by atoms with Crippen LogP contribution >= 0.6 is 0 Å². The van der Waals surface area contributed by atoms with Gasteiger partial charge in [0.2, 0.25) is 5.91 Å². The van der Waals surface area contributed by atoms with Crippen molar-refractivity contribution in [3.05, 3.63) is 78.0 Å². The molecule has 3 rings (SSSR count). The number of rotatable bonds is 7. The van der Waals surface area contributed by atoms with Crippen molar-refractivity contribution in [1.82, 2.24) is 9.99 Å². The second-order valence-electron chi connectivity index (χ2n) is 6.23. The number of aromatic nitrogens is 1. The lowest BCUT2D eigenvalue weighted by atomic mass is 10.1. The molecule has 5 heteroatoms. The highest BCUT2D eigenvalue weighted by Crippen LogP contribution is 2.24. The summed E-state index contributed by atoms with van der Waals surface area (Å²) in [6.07, 6.45) is 3.85. The van der Waals surface area contributed by atoms with Crippen molar-refractivity contribution in [1.29, 1.82) is 0 Å². The normalized spacial score (nSPS) is 11.0. The van der Waals surface area contributed by atoms with E-state index in [0.29, 0.717) is 0 Å². The molecule has 0 radical (unpaired) electrons. The first-order valence-corrected chi connectivity index (χ1v) is 8.77. The highest BCUT2D eigenvalue weighted by molar-refractivity contribution is 6.01. The van der Waals surface area contributed by atoms with Crippen LogP contribution in [0.3, 0.4) is 0 Å².